The smallest absolute Gasteiger partial charge is 0.417 e. The van der Waals surface area contributed by atoms with Crippen molar-refractivity contribution < 1.29 is 22.3 Å². The summed E-state index contributed by atoms with van der Waals surface area (Å²) >= 11 is 0. The van der Waals surface area contributed by atoms with Crippen molar-refractivity contribution in [3.63, 3.8) is 0 Å². The van der Waals surface area contributed by atoms with E-state index >= 15 is 0 Å². The Bertz CT molecular complexity index is 839. The third-order valence-corrected chi connectivity index (χ3v) is 3.23. The summed E-state index contributed by atoms with van der Waals surface area (Å²) in [6, 6.07) is 6.49. The van der Waals surface area contributed by atoms with Gasteiger partial charge in [-0.25, -0.2) is 9.37 Å². The average molecular weight is 310 g/mol. The van der Waals surface area contributed by atoms with Gasteiger partial charge < -0.3 is 9.14 Å². The second-order valence-electron chi connectivity index (χ2n) is 4.66. The minimum atomic E-state index is -4.43. The van der Waals surface area contributed by atoms with E-state index < -0.39 is 17.6 Å². The van der Waals surface area contributed by atoms with Gasteiger partial charge in [0.2, 0.25) is 0 Å². The highest BCUT2D eigenvalue weighted by Crippen LogP contribution is 2.30. The fourth-order valence-corrected chi connectivity index (χ4v) is 2.12. The van der Waals surface area contributed by atoms with Gasteiger partial charge >= 0.3 is 6.18 Å². The molecule has 0 aliphatic carbocycles. The fraction of sp³-hybridized carbons (Fsp3) is 0.133. The maximum Gasteiger partial charge on any atom is 0.417 e. The van der Waals surface area contributed by atoms with Gasteiger partial charge in [-0.1, -0.05) is 0 Å². The second kappa shape index (κ2) is 5.01. The molecule has 0 saturated carbocycles. The standard InChI is InChI=1S/C15H10F4N2O/c1-22-13-4-2-9(6-11(13)16)12-8-21-7-10(15(17,18)19)3-5-14(21)20-12/h2-8H,1H3. The number of aromatic nitrogens is 2. The molecule has 0 aliphatic heterocycles. The topological polar surface area (TPSA) is 26.5 Å². The minimum absolute atomic E-state index is 0.0897. The summed E-state index contributed by atoms with van der Waals surface area (Å²) in [6.45, 7) is 0. The zero-order valence-corrected chi connectivity index (χ0v) is 11.4. The number of pyridine rings is 1. The Morgan fingerprint density at radius 2 is 1.86 bits per heavy atom. The number of methoxy groups -OCH3 is 1. The molecule has 3 rings (SSSR count). The lowest BCUT2D eigenvalue weighted by atomic mass is 10.1. The SMILES string of the molecule is COc1ccc(-c2cn3cc(C(F)(F)F)ccc3n2)cc1F. The summed E-state index contributed by atoms with van der Waals surface area (Å²) in [7, 11) is 1.35. The molecular formula is C15H10F4N2O. The number of rotatable bonds is 2. The van der Waals surface area contributed by atoms with Crippen molar-refractivity contribution in [2.24, 2.45) is 0 Å². The van der Waals surface area contributed by atoms with Gasteiger partial charge in [0, 0.05) is 18.0 Å². The summed E-state index contributed by atoms with van der Waals surface area (Å²) in [5, 5.41) is 0. The zero-order chi connectivity index (χ0) is 15.9. The molecule has 0 amide bonds. The van der Waals surface area contributed by atoms with Crippen LogP contribution < -0.4 is 4.74 Å². The predicted octanol–water partition coefficient (Wildman–Crippen LogP) is 4.17. The third-order valence-electron chi connectivity index (χ3n) is 3.23. The van der Waals surface area contributed by atoms with Crippen LogP contribution in [0.5, 0.6) is 5.75 Å². The molecule has 2 heterocycles. The zero-order valence-electron chi connectivity index (χ0n) is 11.4. The third kappa shape index (κ3) is 2.49. The summed E-state index contributed by atoms with van der Waals surface area (Å²) in [4.78, 5) is 4.19. The number of halogens is 4. The van der Waals surface area contributed by atoms with Crippen LogP contribution in [0.2, 0.25) is 0 Å². The molecule has 0 unspecified atom stereocenters. The quantitative estimate of drug-likeness (QED) is 0.664. The van der Waals surface area contributed by atoms with Crippen molar-refractivity contribution in [1.29, 1.82) is 0 Å². The Labute approximate surface area is 122 Å². The normalized spacial score (nSPS) is 11.9. The Kier molecular flexibility index (Phi) is 3.27. The molecule has 0 bridgehead atoms. The lowest BCUT2D eigenvalue weighted by Gasteiger charge is -2.05. The Morgan fingerprint density at radius 3 is 2.50 bits per heavy atom. The molecular weight excluding hydrogens is 300 g/mol. The first-order valence-corrected chi connectivity index (χ1v) is 6.28. The van der Waals surface area contributed by atoms with Gasteiger partial charge in [-0.15, -0.1) is 0 Å². The molecule has 7 heteroatoms. The van der Waals surface area contributed by atoms with E-state index in [0.717, 1.165) is 12.3 Å². The second-order valence-corrected chi connectivity index (χ2v) is 4.66. The van der Waals surface area contributed by atoms with Crippen LogP contribution >= 0.6 is 0 Å². The van der Waals surface area contributed by atoms with Gasteiger partial charge in [-0.2, -0.15) is 13.2 Å². The summed E-state index contributed by atoms with van der Waals surface area (Å²) in [5.41, 5.74) is 0.403. The van der Waals surface area contributed by atoms with Gasteiger partial charge in [-0.05, 0) is 30.3 Å². The van der Waals surface area contributed by atoms with Crippen LogP contribution in [0.1, 0.15) is 5.56 Å². The number of alkyl halides is 3. The molecule has 0 spiro atoms. The first-order valence-electron chi connectivity index (χ1n) is 6.28. The van der Waals surface area contributed by atoms with E-state index in [1.54, 1.807) is 6.07 Å². The predicted molar refractivity (Wildman–Crippen MR) is 72.1 cm³/mol. The van der Waals surface area contributed by atoms with Crippen LogP contribution in [0.3, 0.4) is 0 Å². The molecule has 0 fully saturated rings. The molecule has 2 aromatic heterocycles. The number of hydrogen-bond donors (Lipinski definition) is 0. The van der Waals surface area contributed by atoms with E-state index in [2.05, 4.69) is 4.98 Å². The van der Waals surface area contributed by atoms with Gasteiger partial charge in [-0.3, -0.25) is 0 Å². The van der Waals surface area contributed by atoms with Gasteiger partial charge in [0.1, 0.15) is 5.65 Å². The maximum absolute atomic E-state index is 13.7. The number of ether oxygens (including phenoxy) is 1. The number of nitrogens with zero attached hydrogens (tertiary/aromatic N) is 2. The van der Waals surface area contributed by atoms with Crippen LogP contribution in [0.25, 0.3) is 16.9 Å². The largest absolute Gasteiger partial charge is 0.494 e. The van der Waals surface area contributed by atoms with E-state index in [1.165, 1.54) is 35.9 Å². The first-order chi connectivity index (χ1) is 10.4. The lowest BCUT2D eigenvalue weighted by molar-refractivity contribution is -0.137. The molecule has 3 nitrogen and oxygen atoms in total. The minimum Gasteiger partial charge on any atom is -0.494 e. The van der Waals surface area contributed by atoms with E-state index in [4.69, 9.17) is 4.74 Å². The first kappa shape index (κ1) is 14.4. The average Bonchev–Trinajstić information content (AvgIpc) is 2.89. The van der Waals surface area contributed by atoms with Crippen molar-refractivity contribution in [3.05, 3.63) is 54.1 Å². The van der Waals surface area contributed by atoms with E-state index in [1.807, 2.05) is 0 Å². The molecule has 0 aliphatic rings. The summed E-state index contributed by atoms with van der Waals surface area (Å²) < 4.78 is 57.8. The summed E-state index contributed by atoms with van der Waals surface area (Å²) in [5.74, 6) is -0.472. The van der Waals surface area contributed by atoms with Gasteiger partial charge in [0.15, 0.2) is 11.6 Å². The Morgan fingerprint density at radius 1 is 1.09 bits per heavy atom. The molecule has 0 atom stereocenters. The van der Waals surface area contributed by atoms with E-state index in [9.17, 15) is 17.6 Å². The molecule has 114 valence electrons. The molecule has 0 N–H and O–H groups in total. The monoisotopic (exact) mass is 310 g/mol. The Hall–Kier alpha value is -2.57. The van der Waals surface area contributed by atoms with E-state index in [-0.39, 0.29) is 5.75 Å². The highest BCUT2D eigenvalue weighted by molar-refractivity contribution is 5.63. The van der Waals surface area contributed by atoms with Crippen LogP contribution in [0.15, 0.2) is 42.7 Å². The number of fused-ring (bicyclic) bond motifs is 1. The van der Waals surface area contributed by atoms with Crippen molar-refractivity contribution >= 4 is 5.65 Å². The van der Waals surface area contributed by atoms with Crippen molar-refractivity contribution in [3.8, 4) is 17.0 Å². The van der Waals surface area contributed by atoms with Crippen molar-refractivity contribution in [2.75, 3.05) is 7.11 Å². The van der Waals surface area contributed by atoms with E-state index in [0.29, 0.717) is 16.9 Å². The Balaban J connectivity index is 2.07. The van der Waals surface area contributed by atoms with Crippen LogP contribution in [0.4, 0.5) is 17.6 Å². The lowest BCUT2D eigenvalue weighted by Crippen LogP contribution is -2.05. The number of benzene rings is 1. The van der Waals surface area contributed by atoms with Crippen LogP contribution in [-0.2, 0) is 6.18 Å². The van der Waals surface area contributed by atoms with Crippen LogP contribution in [0, 0.1) is 5.82 Å². The maximum atomic E-state index is 13.7. The molecule has 3 aromatic rings. The highest BCUT2D eigenvalue weighted by Gasteiger charge is 2.30. The van der Waals surface area contributed by atoms with Crippen molar-refractivity contribution in [2.45, 2.75) is 6.18 Å². The van der Waals surface area contributed by atoms with Crippen molar-refractivity contribution in [1.82, 2.24) is 9.38 Å². The number of imidazole rings is 1. The van der Waals surface area contributed by atoms with Gasteiger partial charge in [0.25, 0.3) is 0 Å². The molecule has 22 heavy (non-hydrogen) atoms. The van der Waals surface area contributed by atoms with Crippen LogP contribution in [-0.4, -0.2) is 16.5 Å². The summed E-state index contributed by atoms with van der Waals surface area (Å²) in [6.07, 6.45) is -2.05. The molecule has 1 aromatic carbocycles. The number of hydrogen-bond acceptors (Lipinski definition) is 2. The highest BCUT2D eigenvalue weighted by atomic mass is 19.4. The fourth-order valence-electron chi connectivity index (χ4n) is 2.12. The molecule has 0 radical (unpaired) electrons. The molecule has 0 saturated heterocycles. The van der Waals surface area contributed by atoms with Gasteiger partial charge in [0.05, 0.1) is 18.4 Å².